The van der Waals surface area contributed by atoms with Crippen LogP contribution in [0.3, 0.4) is 0 Å². The van der Waals surface area contributed by atoms with Crippen molar-refractivity contribution in [3.05, 3.63) is 36.1 Å². The summed E-state index contributed by atoms with van der Waals surface area (Å²) in [6, 6.07) is 1.68. The van der Waals surface area contributed by atoms with Crippen LogP contribution in [0.15, 0.2) is 36.1 Å². The Kier molecular flexibility index (Phi) is 7.20. The molecule has 1 unspecified atom stereocenters. The first kappa shape index (κ1) is 15.0. The molecule has 4 nitrogen and oxygen atoms in total. The Morgan fingerprint density at radius 2 is 2.29 bits per heavy atom. The smallest absolute Gasteiger partial charge is 0.349 e. The number of carbonyl (C=O) groups excluding carboxylic acids is 1. The van der Waals surface area contributed by atoms with E-state index in [1.165, 1.54) is 12.2 Å². The van der Waals surface area contributed by atoms with Gasteiger partial charge in [0.15, 0.2) is 0 Å². The third kappa shape index (κ3) is 6.21. The molecule has 0 rings (SSSR count). The van der Waals surface area contributed by atoms with E-state index in [4.69, 9.17) is 10.00 Å². The van der Waals surface area contributed by atoms with Gasteiger partial charge in [-0.2, -0.15) is 5.26 Å². The number of aliphatic hydroxyl groups excluding tert-OH is 1. The van der Waals surface area contributed by atoms with Gasteiger partial charge in [-0.25, -0.2) is 4.79 Å². The molecular weight excluding hydrogens is 218 g/mol. The first-order valence-electron chi connectivity index (χ1n) is 5.35. The van der Waals surface area contributed by atoms with Gasteiger partial charge in [-0.1, -0.05) is 32.9 Å². The number of carbonyl (C=O) groups is 1. The van der Waals surface area contributed by atoms with Crippen molar-refractivity contribution in [2.24, 2.45) is 5.92 Å². The standard InChI is InChI=1S/C13H17NO3/c1-4-6-12(15)7-11(8-14)13(16)17-9-10(3)5-2/h4,6-7,10,15H,1,5,9H2,2-3H3/b11-7+,12-6-. The van der Waals surface area contributed by atoms with Crippen LogP contribution in [0.25, 0.3) is 0 Å². The molecule has 4 heteroatoms. The van der Waals surface area contributed by atoms with Crippen LogP contribution in [0.4, 0.5) is 0 Å². The monoisotopic (exact) mass is 235 g/mol. The Bertz CT molecular complexity index is 375. The summed E-state index contributed by atoms with van der Waals surface area (Å²) in [5.74, 6) is -0.690. The van der Waals surface area contributed by atoms with Gasteiger partial charge in [-0.05, 0) is 12.0 Å². The first-order chi connectivity index (χ1) is 8.04. The van der Waals surface area contributed by atoms with Crippen LogP contribution in [-0.2, 0) is 9.53 Å². The van der Waals surface area contributed by atoms with Gasteiger partial charge in [0.25, 0.3) is 0 Å². The van der Waals surface area contributed by atoms with Gasteiger partial charge in [0, 0.05) is 6.08 Å². The number of nitrogens with zero attached hydrogens (tertiary/aromatic N) is 1. The van der Waals surface area contributed by atoms with E-state index in [9.17, 15) is 9.90 Å². The van der Waals surface area contributed by atoms with Crippen molar-refractivity contribution in [2.45, 2.75) is 20.3 Å². The Hall–Kier alpha value is -2.02. The molecule has 0 aromatic rings. The van der Waals surface area contributed by atoms with Crippen LogP contribution in [0, 0.1) is 17.2 Å². The zero-order valence-electron chi connectivity index (χ0n) is 10.1. The lowest BCUT2D eigenvalue weighted by Gasteiger charge is -2.08. The van der Waals surface area contributed by atoms with Crippen molar-refractivity contribution >= 4 is 5.97 Å². The topological polar surface area (TPSA) is 70.3 Å². The van der Waals surface area contributed by atoms with Gasteiger partial charge in [0.05, 0.1) is 6.61 Å². The summed E-state index contributed by atoms with van der Waals surface area (Å²) >= 11 is 0. The molecule has 0 spiro atoms. The summed E-state index contributed by atoms with van der Waals surface area (Å²) in [6.45, 7) is 7.58. The SMILES string of the molecule is C=C/C=C(O)/C=C(\C#N)C(=O)OCC(C)CC. The van der Waals surface area contributed by atoms with Crippen LogP contribution in [0.5, 0.6) is 0 Å². The van der Waals surface area contributed by atoms with Crippen LogP contribution < -0.4 is 0 Å². The summed E-state index contributed by atoms with van der Waals surface area (Å²) in [4.78, 5) is 11.5. The van der Waals surface area contributed by atoms with Crippen molar-refractivity contribution in [1.82, 2.24) is 0 Å². The second-order valence-corrected chi connectivity index (χ2v) is 3.61. The number of hydrogen-bond acceptors (Lipinski definition) is 4. The highest BCUT2D eigenvalue weighted by Crippen LogP contribution is 2.06. The average molecular weight is 235 g/mol. The molecule has 0 aromatic carbocycles. The number of aliphatic hydroxyl groups is 1. The van der Waals surface area contributed by atoms with E-state index in [-0.39, 0.29) is 23.9 Å². The first-order valence-corrected chi connectivity index (χ1v) is 5.35. The molecule has 92 valence electrons. The highest BCUT2D eigenvalue weighted by atomic mass is 16.5. The maximum absolute atomic E-state index is 11.5. The Morgan fingerprint density at radius 1 is 1.65 bits per heavy atom. The van der Waals surface area contributed by atoms with Gasteiger partial charge < -0.3 is 9.84 Å². The fraction of sp³-hybridized carbons (Fsp3) is 0.385. The lowest BCUT2D eigenvalue weighted by atomic mass is 10.1. The number of nitriles is 1. The molecule has 0 aliphatic heterocycles. The minimum atomic E-state index is -0.725. The zero-order chi connectivity index (χ0) is 13.3. The molecular formula is C13H17NO3. The van der Waals surface area contributed by atoms with Gasteiger partial charge in [-0.15, -0.1) is 0 Å². The van der Waals surface area contributed by atoms with Crippen LogP contribution >= 0.6 is 0 Å². The minimum Gasteiger partial charge on any atom is -0.508 e. The van der Waals surface area contributed by atoms with Gasteiger partial charge in [0.2, 0.25) is 0 Å². The maximum Gasteiger partial charge on any atom is 0.349 e. The normalized spacial score (nSPS) is 13.7. The third-order valence-electron chi connectivity index (χ3n) is 2.12. The molecule has 0 aliphatic rings. The lowest BCUT2D eigenvalue weighted by Crippen LogP contribution is -2.12. The predicted octanol–water partition coefficient (Wildman–Crippen LogP) is 2.65. The second kappa shape index (κ2) is 8.17. The molecule has 0 saturated heterocycles. The van der Waals surface area contributed by atoms with E-state index < -0.39 is 5.97 Å². The van der Waals surface area contributed by atoms with E-state index in [0.717, 1.165) is 12.5 Å². The molecule has 0 saturated carbocycles. The summed E-state index contributed by atoms with van der Waals surface area (Å²) < 4.78 is 4.93. The molecule has 0 fully saturated rings. The van der Waals surface area contributed by atoms with Crippen LogP contribution in [-0.4, -0.2) is 17.7 Å². The number of rotatable bonds is 6. The Balaban J connectivity index is 4.58. The van der Waals surface area contributed by atoms with Crippen molar-refractivity contribution in [3.63, 3.8) is 0 Å². The highest BCUT2D eigenvalue weighted by Gasteiger charge is 2.12. The number of hydrogen-bond donors (Lipinski definition) is 1. The lowest BCUT2D eigenvalue weighted by molar-refractivity contribution is -0.139. The molecule has 0 bridgehead atoms. The van der Waals surface area contributed by atoms with Crippen molar-refractivity contribution in [2.75, 3.05) is 6.61 Å². The van der Waals surface area contributed by atoms with E-state index in [1.807, 2.05) is 13.8 Å². The van der Waals surface area contributed by atoms with E-state index >= 15 is 0 Å². The molecule has 1 N–H and O–H groups in total. The molecule has 0 aliphatic carbocycles. The van der Waals surface area contributed by atoms with Gasteiger partial charge in [0.1, 0.15) is 17.4 Å². The number of esters is 1. The molecule has 17 heavy (non-hydrogen) atoms. The van der Waals surface area contributed by atoms with Crippen molar-refractivity contribution < 1.29 is 14.6 Å². The molecule has 1 atom stereocenters. The van der Waals surface area contributed by atoms with Gasteiger partial charge in [-0.3, -0.25) is 0 Å². The second-order valence-electron chi connectivity index (χ2n) is 3.61. The average Bonchev–Trinajstić information content (AvgIpc) is 2.32. The van der Waals surface area contributed by atoms with Gasteiger partial charge >= 0.3 is 5.97 Å². The third-order valence-corrected chi connectivity index (χ3v) is 2.12. The predicted molar refractivity (Wildman–Crippen MR) is 65.0 cm³/mol. The van der Waals surface area contributed by atoms with Crippen LogP contribution in [0.1, 0.15) is 20.3 Å². The van der Waals surface area contributed by atoms with E-state index in [1.54, 1.807) is 6.07 Å². The zero-order valence-corrected chi connectivity index (χ0v) is 10.1. The van der Waals surface area contributed by atoms with E-state index in [0.29, 0.717) is 0 Å². The molecule has 0 radical (unpaired) electrons. The molecule has 0 heterocycles. The fourth-order valence-corrected chi connectivity index (χ4v) is 0.867. The summed E-state index contributed by atoms with van der Waals surface area (Å²) in [7, 11) is 0. The highest BCUT2D eigenvalue weighted by molar-refractivity contribution is 5.93. The Labute approximate surface area is 102 Å². The van der Waals surface area contributed by atoms with E-state index in [2.05, 4.69) is 6.58 Å². The number of allylic oxidation sites excluding steroid dienone is 3. The maximum atomic E-state index is 11.5. The van der Waals surface area contributed by atoms with Crippen molar-refractivity contribution in [3.8, 4) is 6.07 Å². The fourth-order valence-electron chi connectivity index (χ4n) is 0.867. The molecule has 0 aromatic heterocycles. The summed E-state index contributed by atoms with van der Waals surface area (Å²) in [5.41, 5.74) is -0.232. The summed E-state index contributed by atoms with van der Waals surface area (Å²) in [6.07, 6.45) is 4.58. The van der Waals surface area contributed by atoms with Crippen molar-refractivity contribution in [1.29, 1.82) is 5.26 Å². The molecule has 0 amide bonds. The van der Waals surface area contributed by atoms with Crippen LogP contribution in [0.2, 0.25) is 0 Å². The summed E-state index contributed by atoms with van der Waals surface area (Å²) in [5, 5.41) is 18.0. The Morgan fingerprint density at radius 3 is 2.76 bits per heavy atom. The quantitative estimate of drug-likeness (QED) is 0.252. The minimum absolute atomic E-state index is 0.211. The number of ether oxygens (including phenoxy) is 1. The largest absolute Gasteiger partial charge is 0.508 e.